The molecular formula is C25H35NO. The van der Waals surface area contributed by atoms with Crippen LogP contribution in [-0.4, -0.2) is 12.5 Å². The van der Waals surface area contributed by atoms with Crippen molar-refractivity contribution in [2.45, 2.75) is 58.3 Å². The molecule has 0 radical (unpaired) electrons. The van der Waals surface area contributed by atoms with Crippen molar-refractivity contribution in [3.05, 3.63) is 84.5 Å². The lowest BCUT2D eigenvalue weighted by Gasteiger charge is -1.99. The van der Waals surface area contributed by atoms with Crippen LogP contribution in [0.15, 0.2) is 78.9 Å². The zero-order chi connectivity index (χ0) is 19.4. The molecule has 1 aromatic rings. The first-order valence-electron chi connectivity index (χ1n) is 10.2. The monoisotopic (exact) mass is 365 g/mol. The van der Waals surface area contributed by atoms with Crippen LogP contribution in [0.2, 0.25) is 0 Å². The maximum atomic E-state index is 11.3. The van der Waals surface area contributed by atoms with Crippen LogP contribution < -0.4 is 5.32 Å². The van der Waals surface area contributed by atoms with E-state index in [9.17, 15) is 4.79 Å². The van der Waals surface area contributed by atoms with Crippen LogP contribution in [0.3, 0.4) is 0 Å². The summed E-state index contributed by atoms with van der Waals surface area (Å²) >= 11 is 0. The second kappa shape index (κ2) is 17.1. The molecule has 0 spiro atoms. The van der Waals surface area contributed by atoms with Gasteiger partial charge in [-0.25, -0.2) is 0 Å². The molecule has 27 heavy (non-hydrogen) atoms. The number of aryl methyl sites for hydroxylation is 1. The van der Waals surface area contributed by atoms with Gasteiger partial charge in [0.15, 0.2) is 0 Å². The van der Waals surface area contributed by atoms with Gasteiger partial charge in [-0.1, -0.05) is 78.9 Å². The lowest BCUT2D eigenvalue weighted by atomic mass is 10.1. The minimum absolute atomic E-state index is 0.156. The Morgan fingerprint density at radius 3 is 1.96 bits per heavy atom. The Morgan fingerprint density at radius 1 is 0.815 bits per heavy atom. The fourth-order valence-electron chi connectivity index (χ4n) is 2.61. The zero-order valence-corrected chi connectivity index (χ0v) is 16.8. The third-order valence-corrected chi connectivity index (χ3v) is 4.07. The maximum Gasteiger partial charge on any atom is 0.219 e. The SMILES string of the molecule is CCNC(=O)CCC/C=C\C/C=C\C/C=C\C/C=C\CCc1ccccc1. The number of hydrogen-bond acceptors (Lipinski definition) is 1. The molecule has 0 saturated heterocycles. The van der Waals surface area contributed by atoms with Crippen LogP contribution in [0.5, 0.6) is 0 Å². The third-order valence-electron chi connectivity index (χ3n) is 4.07. The van der Waals surface area contributed by atoms with Crippen LogP contribution in [0.4, 0.5) is 0 Å². The molecule has 1 N–H and O–H groups in total. The molecule has 0 aliphatic heterocycles. The molecule has 0 fully saturated rings. The maximum absolute atomic E-state index is 11.3. The van der Waals surface area contributed by atoms with Gasteiger partial charge in [-0.3, -0.25) is 4.79 Å². The molecule has 1 aromatic carbocycles. The molecule has 0 aliphatic carbocycles. The molecule has 2 nitrogen and oxygen atoms in total. The number of rotatable bonds is 14. The minimum Gasteiger partial charge on any atom is -0.356 e. The Bertz CT molecular complexity index is 596. The lowest BCUT2D eigenvalue weighted by Crippen LogP contribution is -2.21. The van der Waals surface area contributed by atoms with E-state index in [1.165, 1.54) is 5.56 Å². The van der Waals surface area contributed by atoms with Crippen molar-refractivity contribution in [2.75, 3.05) is 6.54 Å². The summed E-state index contributed by atoms with van der Waals surface area (Å²) in [6, 6.07) is 10.6. The van der Waals surface area contributed by atoms with Gasteiger partial charge in [0.2, 0.25) is 5.91 Å². The van der Waals surface area contributed by atoms with Crippen molar-refractivity contribution in [1.82, 2.24) is 5.32 Å². The van der Waals surface area contributed by atoms with Gasteiger partial charge in [-0.05, 0) is 57.4 Å². The first-order chi connectivity index (χ1) is 13.3. The van der Waals surface area contributed by atoms with E-state index in [-0.39, 0.29) is 5.91 Å². The van der Waals surface area contributed by atoms with Crippen LogP contribution >= 0.6 is 0 Å². The Morgan fingerprint density at radius 2 is 1.37 bits per heavy atom. The average Bonchev–Trinajstić information content (AvgIpc) is 2.68. The smallest absolute Gasteiger partial charge is 0.219 e. The largest absolute Gasteiger partial charge is 0.356 e. The van der Waals surface area contributed by atoms with Gasteiger partial charge in [-0.2, -0.15) is 0 Å². The second-order valence-corrected chi connectivity index (χ2v) is 6.46. The molecule has 0 bridgehead atoms. The van der Waals surface area contributed by atoms with Gasteiger partial charge in [0, 0.05) is 13.0 Å². The van der Waals surface area contributed by atoms with Crippen LogP contribution in [-0.2, 0) is 11.2 Å². The Labute approximate surface area is 165 Å². The van der Waals surface area contributed by atoms with Crippen LogP contribution in [0, 0.1) is 0 Å². The number of hydrogen-bond donors (Lipinski definition) is 1. The van der Waals surface area contributed by atoms with Gasteiger partial charge < -0.3 is 5.32 Å². The summed E-state index contributed by atoms with van der Waals surface area (Å²) in [4.78, 5) is 11.3. The van der Waals surface area contributed by atoms with Gasteiger partial charge in [0.05, 0.1) is 0 Å². The molecular weight excluding hydrogens is 330 g/mol. The van der Waals surface area contributed by atoms with Crippen molar-refractivity contribution in [3.8, 4) is 0 Å². The number of unbranched alkanes of at least 4 members (excludes halogenated alkanes) is 1. The Hall–Kier alpha value is -2.35. The van der Waals surface area contributed by atoms with Crippen molar-refractivity contribution in [2.24, 2.45) is 0 Å². The zero-order valence-electron chi connectivity index (χ0n) is 16.8. The van der Waals surface area contributed by atoms with Crippen molar-refractivity contribution < 1.29 is 4.79 Å². The van der Waals surface area contributed by atoms with Gasteiger partial charge >= 0.3 is 0 Å². The van der Waals surface area contributed by atoms with E-state index in [1.54, 1.807) is 0 Å². The van der Waals surface area contributed by atoms with Crippen molar-refractivity contribution >= 4 is 5.91 Å². The molecule has 0 aliphatic rings. The molecule has 1 amide bonds. The van der Waals surface area contributed by atoms with E-state index in [0.717, 1.165) is 51.5 Å². The van der Waals surface area contributed by atoms with Gasteiger partial charge in [0.1, 0.15) is 0 Å². The molecule has 0 unspecified atom stereocenters. The molecule has 2 heteroatoms. The summed E-state index contributed by atoms with van der Waals surface area (Å²) in [5.41, 5.74) is 1.40. The van der Waals surface area contributed by atoms with E-state index >= 15 is 0 Å². The molecule has 0 atom stereocenters. The highest BCUT2D eigenvalue weighted by Crippen LogP contribution is 2.03. The van der Waals surface area contributed by atoms with Gasteiger partial charge in [-0.15, -0.1) is 0 Å². The summed E-state index contributed by atoms with van der Waals surface area (Å²) in [6.07, 6.45) is 25.4. The molecule has 0 aromatic heterocycles. The summed E-state index contributed by atoms with van der Waals surface area (Å²) in [7, 11) is 0. The number of benzene rings is 1. The summed E-state index contributed by atoms with van der Waals surface area (Å²) in [5.74, 6) is 0.156. The number of allylic oxidation sites excluding steroid dienone is 8. The fraction of sp³-hybridized carbons (Fsp3) is 0.400. The third kappa shape index (κ3) is 14.5. The van der Waals surface area contributed by atoms with E-state index in [2.05, 4.69) is 84.3 Å². The van der Waals surface area contributed by atoms with E-state index in [0.29, 0.717) is 6.42 Å². The molecule has 1 rings (SSSR count). The minimum atomic E-state index is 0.156. The first kappa shape index (κ1) is 22.7. The van der Waals surface area contributed by atoms with E-state index in [1.807, 2.05) is 6.92 Å². The topological polar surface area (TPSA) is 29.1 Å². The molecule has 0 heterocycles. The molecule has 0 saturated carbocycles. The van der Waals surface area contributed by atoms with E-state index < -0.39 is 0 Å². The van der Waals surface area contributed by atoms with Crippen LogP contribution in [0.25, 0.3) is 0 Å². The quantitative estimate of drug-likeness (QED) is 0.303. The van der Waals surface area contributed by atoms with Gasteiger partial charge in [0.25, 0.3) is 0 Å². The van der Waals surface area contributed by atoms with Crippen LogP contribution in [0.1, 0.15) is 57.4 Å². The van der Waals surface area contributed by atoms with Crippen molar-refractivity contribution in [3.63, 3.8) is 0 Å². The highest BCUT2D eigenvalue weighted by molar-refractivity contribution is 5.75. The normalized spacial score (nSPS) is 12.0. The highest BCUT2D eigenvalue weighted by Gasteiger charge is 1.96. The standard InChI is InChI=1S/C25H35NO/c1-2-26-25(27)23-19-14-12-10-8-6-4-3-5-7-9-11-13-16-20-24-21-17-15-18-22-24/h4-7,10-13,15,17-18,21-22H,2-3,8-9,14,16,19-20,23H2,1H3,(H,26,27)/b6-4-,7-5-,12-10-,13-11-. The predicted molar refractivity (Wildman–Crippen MR) is 118 cm³/mol. The van der Waals surface area contributed by atoms with E-state index in [4.69, 9.17) is 0 Å². The predicted octanol–water partition coefficient (Wildman–Crippen LogP) is 6.32. The lowest BCUT2D eigenvalue weighted by molar-refractivity contribution is -0.121. The summed E-state index contributed by atoms with van der Waals surface area (Å²) in [6.45, 7) is 2.67. The second-order valence-electron chi connectivity index (χ2n) is 6.46. The number of carbonyl (C=O) groups is 1. The Balaban J connectivity index is 1.95. The first-order valence-corrected chi connectivity index (χ1v) is 10.2. The highest BCUT2D eigenvalue weighted by atomic mass is 16.1. The summed E-state index contributed by atoms with van der Waals surface area (Å²) in [5, 5.41) is 2.82. The number of nitrogens with one attached hydrogen (secondary N) is 1. The van der Waals surface area contributed by atoms with Crippen molar-refractivity contribution in [1.29, 1.82) is 0 Å². The average molecular weight is 366 g/mol. The molecule has 146 valence electrons. The number of amides is 1. The Kier molecular flexibility index (Phi) is 14.4. The number of carbonyl (C=O) groups excluding carboxylic acids is 1. The fourth-order valence-corrected chi connectivity index (χ4v) is 2.61. The summed E-state index contributed by atoms with van der Waals surface area (Å²) < 4.78 is 0.